The van der Waals surface area contributed by atoms with E-state index in [1.807, 2.05) is 91.0 Å². The van der Waals surface area contributed by atoms with E-state index >= 15 is 0 Å². The minimum Gasteiger partial charge on any atom is -0.456 e. The minimum absolute atomic E-state index is 0.545. The molecule has 0 unspecified atom stereocenters. The monoisotopic (exact) mass is 821 g/mol. The Morgan fingerprint density at radius 2 is 0.672 bits per heavy atom. The van der Waals surface area contributed by atoms with Gasteiger partial charge in [-0.3, -0.25) is 0 Å². The summed E-state index contributed by atoms with van der Waals surface area (Å²) < 4.78 is 25.6. The van der Waals surface area contributed by atoms with Crippen LogP contribution >= 0.6 is 0 Å². The van der Waals surface area contributed by atoms with Crippen molar-refractivity contribution in [2.24, 2.45) is 0 Å². The summed E-state index contributed by atoms with van der Waals surface area (Å²) in [5.41, 5.74) is 13.3. The molecule has 0 aliphatic rings. The first kappa shape index (κ1) is 34.9. The molecule has 5 heterocycles. The Bertz CT molecular complexity index is 4210. The molecule has 0 fully saturated rings. The number of benzene rings is 9. The molecule has 0 aliphatic carbocycles. The molecule has 0 radical (unpaired) electrons. The maximum Gasteiger partial charge on any atom is 0.164 e. The summed E-state index contributed by atoms with van der Waals surface area (Å²) in [7, 11) is 0. The lowest BCUT2D eigenvalue weighted by atomic mass is 9.95. The molecule has 9 aromatic carbocycles. The zero-order valence-electron chi connectivity index (χ0n) is 33.9. The molecule has 14 aromatic rings. The summed E-state index contributed by atoms with van der Waals surface area (Å²) in [5.74, 6) is 1.67. The van der Waals surface area contributed by atoms with E-state index in [1.54, 1.807) is 0 Å². The summed E-state index contributed by atoms with van der Waals surface area (Å²) in [6.07, 6.45) is 0. The van der Waals surface area contributed by atoms with Crippen molar-refractivity contribution in [1.29, 1.82) is 0 Å². The van der Waals surface area contributed by atoms with E-state index in [9.17, 15) is 0 Å². The van der Waals surface area contributed by atoms with Gasteiger partial charge in [-0.05, 0) is 95.1 Å². The SMILES string of the molecule is c1ccc(-c2nc(-c3ccc4c(c3)oc3ccccc34)nc(-c3cccc4oc5ccc(-c6cccc7oc8ccc(-c9ccc%10c(c9)oc9ccccc9%10)cc8c67)cc5c34)n2)cc1. The van der Waals surface area contributed by atoms with Gasteiger partial charge >= 0.3 is 0 Å². The van der Waals surface area contributed by atoms with Crippen LogP contribution in [0, 0.1) is 0 Å². The summed E-state index contributed by atoms with van der Waals surface area (Å²) >= 11 is 0. The predicted octanol–water partition coefficient (Wildman–Crippen LogP) is 15.8. The highest BCUT2D eigenvalue weighted by molar-refractivity contribution is 6.17. The Morgan fingerprint density at radius 1 is 0.234 bits per heavy atom. The van der Waals surface area contributed by atoms with Gasteiger partial charge in [0.15, 0.2) is 17.5 Å². The number of nitrogens with zero attached hydrogens (tertiary/aromatic N) is 3. The number of hydrogen-bond acceptors (Lipinski definition) is 7. The van der Waals surface area contributed by atoms with Crippen molar-refractivity contribution < 1.29 is 17.7 Å². The summed E-state index contributed by atoms with van der Waals surface area (Å²) in [6.45, 7) is 0. The first-order valence-corrected chi connectivity index (χ1v) is 21.2. The van der Waals surface area contributed by atoms with Gasteiger partial charge in [0.1, 0.15) is 44.7 Å². The predicted molar refractivity (Wildman–Crippen MR) is 256 cm³/mol. The second-order valence-electron chi connectivity index (χ2n) is 16.3. The number of hydrogen-bond donors (Lipinski definition) is 0. The van der Waals surface area contributed by atoms with Crippen molar-refractivity contribution in [3.05, 3.63) is 188 Å². The minimum atomic E-state index is 0.545. The number of aromatic nitrogens is 3. The molecule has 0 bridgehead atoms. The highest BCUT2D eigenvalue weighted by Gasteiger charge is 2.21. The molecule has 7 nitrogen and oxygen atoms in total. The first-order valence-electron chi connectivity index (χ1n) is 21.2. The maximum absolute atomic E-state index is 6.56. The maximum atomic E-state index is 6.56. The zero-order valence-corrected chi connectivity index (χ0v) is 33.9. The Morgan fingerprint density at radius 3 is 1.36 bits per heavy atom. The van der Waals surface area contributed by atoms with Crippen molar-refractivity contribution in [3.8, 4) is 56.4 Å². The average molecular weight is 822 g/mol. The fraction of sp³-hybridized carbons (Fsp3) is 0. The molecule has 64 heavy (non-hydrogen) atoms. The summed E-state index contributed by atoms with van der Waals surface area (Å²) in [5, 5.41) is 8.31. The Hall–Kier alpha value is -8.81. The molecule has 0 aliphatic heterocycles. The van der Waals surface area contributed by atoms with Crippen LogP contribution in [0.15, 0.2) is 206 Å². The van der Waals surface area contributed by atoms with Gasteiger partial charge in [-0.15, -0.1) is 0 Å². The number of rotatable bonds is 5. The second kappa shape index (κ2) is 13.3. The van der Waals surface area contributed by atoms with Crippen molar-refractivity contribution in [2.45, 2.75) is 0 Å². The fourth-order valence-electron chi connectivity index (χ4n) is 9.54. The summed E-state index contributed by atoms with van der Waals surface area (Å²) in [4.78, 5) is 15.4. The van der Waals surface area contributed by atoms with E-state index < -0.39 is 0 Å². The van der Waals surface area contributed by atoms with Crippen LogP contribution in [0.4, 0.5) is 0 Å². The van der Waals surface area contributed by atoms with Gasteiger partial charge in [0.05, 0.1) is 0 Å². The molecule has 7 heteroatoms. The number of fused-ring (bicyclic) bond motifs is 12. The quantitative estimate of drug-likeness (QED) is 0.171. The van der Waals surface area contributed by atoms with E-state index in [-0.39, 0.29) is 0 Å². The fourth-order valence-corrected chi connectivity index (χ4v) is 9.54. The van der Waals surface area contributed by atoms with Crippen LogP contribution < -0.4 is 0 Å². The van der Waals surface area contributed by atoms with Crippen LogP contribution in [0.1, 0.15) is 0 Å². The molecule has 298 valence electrons. The lowest BCUT2D eigenvalue weighted by Gasteiger charge is -2.09. The van der Waals surface area contributed by atoms with Gasteiger partial charge in [-0.25, -0.2) is 15.0 Å². The highest BCUT2D eigenvalue weighted by atomic mass is 16.3. The Kier molecular flexibility index (Phi) is 7.27. The van der Waals surface area contributed by atoms with E-state index in [0.717, 1.165) is 127 Å². The topological polar surface area (TPSA) is 91.2 Å². The van der Waals surface area contributed by atoms with E-state index in [0.29, 0.717) is 17.5 Å². The number of furan rings is 4. The molecule has 0 spiro atoms. The molecule has 0 amide bonds. The standard InChI is InChI=1S/C57H31N3O4/c1-2-10-32(11-3-1)55-58-56(36-21-25-41-39-13-5-7-17-46(39)64-52(41)31-36)60-57(59-55)42-15-9-19-50-54(42)44-29-35(23-27-48(44)62-50)37-14-8-18-49-53(37)43-28-33(22-26-47(43)61-49)34-20-24-40-38-12-4-6-16-45(38)63-51(40)30-34/h1-31H. The molecule has 14 rings (SSSR count). The third-order valence-corrected chi connectivity index (χ3v) is 12.6. The van der Waals surface area contributed by atoms with E-state index in [4.69, 9.17) is 32.6 Å². The van der Waals surface area contributed by atoms with Crippen molar-refractivity contribution in [2.75, 3.05) is 0 Å². The van der Waals surface area contributed by atoms with Crippen LogP contribution in [0.5, 0.6) is 0 Å². The van der Waals surface area contributed by atoms with Crippen LogP contribution in [0.25, 0.3) is 144 Å². The molecular weight excluding hydrogens is 791 g/mol. The van der Waals surface area contributed by atoms with Gasteiger partial charge in [0.25, 0.3) is 0 Å². The van der Waals surface area contributed by atoms with Gasteiger partial charge in [0, 0.05) is 59.8 Å². The lowest BCUT2D eigenvalue weighted by molar-refractivity contribution is 0.668. The molecule has 0 N–H and O–H groups in total. The van der Waals surface area contributed by atoms with Gasteiger partial charge in [-0.1, -0.05) is 115 Å². The van der Waals surface area contributed by atoms with Crippen molar-refractivity contribution in [1.82, 2.24) is 15.0 Å². The largest absolute Gasteiger partial charge is 0.456 e. The van der Waals surface area contributed by atoms with E-state index in [2.05, 4.69) is 97.1 Å². The molecule has 0 saturated heterocycles. The Labute approximate surface area is 363 Å². The summed E-state index contributed by atoms with van der Waals surface area (Å²) in [6, 6.07) is 64.0. The van der Waals surface area contributed by atoms with Gasteiger partial charge in [-0.2, -0.15) is 0 Å². The lowest BCUT2D eigenvalue weighted by Crippen LogP contribution is -2.00. The van der Waals surface area contributed by atoms with E-state index in [1.165, 1.54) is 0 Å². The van der Waals surface area contributed by atoms with Crippen molar-refractivity contribution in [3.63, 3.8) is 0 Å². The average Bonchev–Trinajstić information content (AvgIpc) is 4.13. The third kappa shape index (κ3) is 5.31. The van der Waals surface area contributed by atoms with Crippen LogP contribution in [0.2, 0.25) is 0 Å². The first-order chi connectivity index (χ1) is 31.7. The Balaban J connectivity index is 0.926. The van der Waals surface area contributed by atoms with Crippen LogP contribution in [0.3, 0.4) is 0 Å². The third-order valence-electron chi connectivity index (χ3n) is 12.6. The molecular formula is C57H31N3O4. The van der Waals surface area contributed by atoms with Gasteiger partial charge < -0.3 is 17.7 Å². The zero-order chi connectivity index (χ0) is 41.9. The van der Waals surface area contributed by atoms with Gasteiger partial charge in [0.2, 0.25) is 0 Å². The normalized spacial score (nSPS) is 12.1. The number of para-hydroxylation sites is 2. The molecule has 0 saturated carbocycles. The second-order valence-corrected chi connectivity index (χ2v) is 16.3. The molecule has 0 atom stereocenters. The van der Waals surface area contributed by atoms with Crippen LogP contribution in [-0.2, 0) is 0 Å². The molecule has 5 aromatic heterocycles. The highest BCUT2D eigenvalue weighted by Crippen LogP contribution is 2.43. The van der Waals surface area contributed by atoms with Crippen LogP contribution in [-0.4, -0.2) is 15.0 Å². The van der Waals surface area contributed by atoms with Crippen molar-refractivity contribution >= 4 is 87.8 Å². The smallest absolute Gasteiger partial charge is 0.164 e.